The fraction of sp³-hybridized carbons (Fsp3) is 0.316. The Morgan fingerprint density at radius 1 is 1.19 bits per heavy atom. The standard InChI is InChI=1S/C19H19N5O2S/c1-12-10-13(2)24-18(20-12)21-19(22-24)27-11-16(25)14-5-7-15(8-6-14)23-9-3-4-17(23)26/h5-8,10H,3-4,9,11H2,1-2H3. The van der Waals surface area contributed by atoms with E-state index in [0.717, 1.165) is 30.0 Å². The Balaban J connectivity index is 1.43. The van der Waals surface area contributed by atoms with Crippen LogP contribution < -0.4 is 4.90 Å². The van der Waals surface area contributed by atoms with E-state index in [0.29, 0.717) is 22.9 Å². The minimum Gasteiger partial charge on any atom is -0.312 e. The summed E-state index contributed by atoms with van der Waals surface area (Å²) in [4.78, 5) is 34.8. The van der Waals surface area contributed by atoms with E-state index in [1.54, 1.807) is 21.5 Å². The van der Waals surface area contributed by atoms with E-state index < -0.39 is 0 Å². The molecule has 1 fully saturated rings. The maximum Gasteiger partial charge on any atom is 0.253 e. The Kier molecular flexibility index (Phi) is 4.65. The van der Waals surface area contributed by atoms with E-state index >= 15 is 0 Å². The van der Waals surface area contributed by atoms with Crippen LogP contribution in [0.2, 0.25) is 0 Å². The number of carbonyl (C=O) groups is 2. The molecule has 0 spiro atoms. The second-order valence-electron chi connectivity index (χ2n) is 6.55. The fourth-order valence-corrected chi connectivity index (χ4v) is 3.88. The van der Waals surface area contributed by atoms with Crippen molar-refractivity contribution in [3.8, 4) is 0 Å². The molecule has 0 bridgehead atoms. The van der Waals surface area contributed by atoms with E-state index in [1.807, 2.05) is 32.0 Å². The third kappa shape index (κ3) is 3.57. The third-order valence-electron chi connectivity index (χ3n) is 4.51. The van der Waals surface area contributed by atoms with Crippen LogP contribution in [0.1, 0.15) is 34.6 Å². The van der Waals surface area contributed by atoms with Crippen molar-refractivity contribution in [2.24, 2.45) is 0 Å². The lowest BCUT2D eigenvalue weighted by molar-refractivity contribution is -0.117. The molecule has 3 heterocycles. The van der Waals surface area contributed by atoms with Crippen molar-refractivity contribution in [1.82, 2.24) is 19.6 Å². The lowest BCUT2D eigenvalue weighted by Crippen LogP contribution is -2.23. The number of thioether (sulfide) groups is 1. The highest BCUT2D eigenvalue weighted by Gasteiger charge is 2.21. The first-order chi connectivity index (χ1) is 13.0. The van der Waals surface area contributed by atoms with Gasteiger partial charge in [-0.25, -0.2) is 9.50 Å². The van der Waals surface area contributed by atoms with Crippen LogP contribution in [-0.4, -0.2) is 43.6 Å². The zero-order valence-electron chi connectivity index (χ0n) is 15.2. The van der Waals surface area contributed by atoms with Crippen LogP contribution in [0.3, 0.4) is 0 Å². The van der Waals surface area contributed by atoms with E-state index in [2.05, 4.69) is 15.1 Å². The van der Waals surface area contributed by atoms with Crippen LogP contribution in [0, 0.1) is 13.8 Å². The summed E-state index contributed by atoms with van der Waals surface area (Å²) in [5, 5.41) is 4.93. The highest BCUT2D eigenvalue weighted by Crippen LogP contribution is 2.23. The first-order valence-corrected chi connectivity index (χ1v) is 9.77. The second kappa shape index (κ2) is 7.11. The number of amides is 1. The second-order valence-corrected chi connectivity index (χ2v) is 7.50. The molecule has 0 radical (unpaired) electrons. The number of carbonyl (C=O) groups excluding carboxylic acids is 2. The number of benzene rings is 1. The summed E-state index contributed by atoms with van der Waals surface area (Å²) in [6, 6.07) is 9.15. The van der Waals surface area contributed by atoms with Gasteiger partial charge in [-0.2, -0.15) is 4.98 Å². The molecule has 27 heavy (non-hydrogen) atoms. The molecule has 1 amide bonds. The highest BCUT2D eigenvalue weighted by atomic mass is 32.2. The average molecular weight is 381 g/mol. The van der Waals surface area contributed by atoms with Gasteiger partial charge in [0.05, 0.1) is 5.75 Å². The van der Waals surface area contributed by atoms with Gasteiger partial charge in [-0.05, 0) is 50.6 Å². The number of aromatic nitrogens is 4. The first-order valence-electron chi connectivity index (χ1n) is 8.79. The lowest BCUT2D eigenvalue weighted by atomic mass is 10.1. The molecule has 1 aromatic carbocycles. The zero-order valence-corrected chi connectivity index (χ0v) is 16.0. The average Bonchev–Trinajstić information content (AvgIpc) is 3.26. The van der Waals surface area contributed by atoms with Gasteiger partial charge < -0.3 is 4.90 Å². The number of hydrogen-bond donors (Lipinski definition) is 0. The van der Waals surface area contributed by atoms with Gasteiger partial charge >= 0.3 is 0 Å². The molecule has 0 atom stereocenters. The Bertz CT molecular complexity index is 1030. The van der Waals surface area contributed by atoms with Crippen molar-refractivity contribution in [2.45, 2.75) is 31.8 Å². The smallest absolute Gasteiger partial charge is 0.253 e. The topological polar surface area (TPSA) is 80.5 Å². The van der Waals surface area contributed by atoms with Gasteiger partial charge in [0, 0.05) is 35.6 Å². The summed E-state index contributed by atoms with van der Waals surface area (Å²) >= 11 is 1.30. The molecule has 1 aliphatic heterocycles. The van der Waals surface area contributed by atoms with Crippen molar-refractivity contribution >= 4 is 34.9 Å². The van der Waals surface area contributed by atoms with E-state index in [9.17, 15) is 9.59 Å². The molecule has 7 nitrogen and oxygen atoms in total. The normalized spacial score (nSPS) is 14.3. The van der Waals surface area contributed by atoms with Crippen molar-refractivity contribution in [1.29, 1.82) is 0 Å². The molecule has 1 saturated heterocycles. The van der Waals surface area contributed by atoms with Gasteiger partial charge in [0.15, 0.2) is 5.78 Å². The monoisotopic (exact) mass is 381 g/mol. The van der Waals surface area contributed by atoms with Crippen LogP contribution in [0.5, 0.6) is 0 Å². The van der Waals surface area contributed by atoms with Crippen LogP contribution in [0.4, 0.5) is 5.69 Å². The molecule has 1 aliphatic rings. The number of Topliss-reactive ketones (excluding diaryl/α,β-unsaturated/α-hetero) is 1. The molecule has 3 aromatic rings. The van der Waals surface area contributed by atoms with E-state index in [4.69, 9.17) is 0 Å². The minimum atomic E-state index is -0.000911. The highest BCUT2D eigenvalue weighted by molar-refractivity contribution is 7.99. The number of rotatable bonds is 5. The maximum atomic E-state index is 12.5. The Morgan fingerprint density at radius 2 is 1.96 bits per heavy atom. The molecule has 2 aromatic heterocycles. The van der Waals surface area contributed by atoms with Crippen LogP contribution in [0.25, 0.3) is 5.78 Å². The molecule has 138 valence electrons. The van der Waals surface area contributed by atoms with E-state index in [-0.39, 0.29) is 17.4 Å². The number of nitrogens with zero attached hydrogens (tertiary/aromatic N) is 5. The maximum absolute atomic E-state index is 12.5. The molecule has 0 unspecified atom stereocenters. The molecule has 0 saturated carbocycles. The number of ketones is 1. The molecular weight excluding hydrogens is 362 g/mol. The number of fused-ring (bicyclic) bond motifs is 1. The summed E-state index contributed by atoms with van der Waals surface area (Å²) in [5.74, 6) is 0.930. The first kappa shape index (κ1) is 17.7. The Labute approximate surface area is 160 Å². The van der Waals surface area contributed by atoms with Crippen LogP contribution in [0.15, 0.2) is 35.5 Å². The molecule has 8 heteroatoms. The van der Waals surface area contributed by atoms with Crippen molar-refractivity contribution in [3.05, 3.63) is 47.3 Å². The Morgan fingerprint density at radius 3 is 2.67 bits per heavy atom. The quantitative estimate of drug-likeness (QED) is 0.499. The molecule has 0 N–H and O–H groups in total. The number of hydrogen-bond acceptors (Lipinski definition) is 6. The summed E-state index contributed by atoms with van der Waals surface area (Å²) in [7, 11) is 0. The number of aryl methyl sites for hydroxylation is 2. The summed E-state index contributed by atoms with van der Waals surface area (Å²) in [6.07, 6.45) is 1.48. The molecule has 4 rings (SSSR count). The predicted octanol–water partition coefficient (Wildman–Crippen LogP) is 2.84. The third-order valence-corrected chi connectivity index (χ3v) is 5.34. The largest absolute Gasteiger partial charge is 0.312 e. The van der Waals surface area contributed by atoms with Crippen molar-refractivity contribution in [2.75, 3.05) is 17.2 Å². The van der Waals surface area contributed by atoms with E-state index in [1.165, 1.54) is 11.8 Å². The fourth-order valence-electron chi connectivity index (χ4n) is 3.17. The zero-order chi connectivity index (χ0) is 19.0. The van der Waals surface area contributed by atoms with Gasteiger partial charge in [-0.1, -0.05) is 11.8 Å². The SMILES string of the molecule is Cc1cc(C)n2nc(SCC(=O)c3ccc(N4CCCC4=O)cc3)nc2n1. The van der Waals surface area contributed by atoms with Gasteiger partial charge in [-0.15, -0.1) is 5.10 Å². The van der Waals surface area contributed by atoms with Crippen LogP contribution >= 0.6 is 11.8 Å². The van der Waals surface area contributed by atoms with Gasteiger partial charge in [0.25, 0.3) is 5.78 Å². The number of anilines is 1. The molecular formula is C19H19N5O2S. The van der Waals surface area contributed by atoms with Crippen molar-refractivity contribution in [3.63, 3.8) is 0 Å². The predicted molar refractivity (Wildman–Crippen MR) is 103 cm³/mol. The van der Waals surface area contributed by atoms with Gasteiger partial charge in [-0.3, -0.25) is 9.59 Å². The van der Waals surface area contributed by atoms with Crippen molar-refractivity contribution < 1.29 is 9.59 Å². The summed E-state index contributed by atoms with van der Waals surface area (Å²) < 4.78 is 1.68. The van der Waals surface area contributed by atoms with Gasteiger partial charge in [0.2, 0.25) is 11.1 Å². The Hall–Kier alpha value is -2.74. The summed E-state index contributed by atoms with van der Waals surface area (Å²) in [5.41, 5.74) is 3.30. The van der Waals surface area contributed by atoms with Crippen LogP contribution in [-0.2, 0) is 4.79 Å². The summed E-state index contributed by atoms with van der Waals surface area (Å²) in [6.45, 7) is 4.61. The minimum absolute atomic E-state index is 0.000911. The molecule has 0 aliphatic carbocycles. The van der Waals surface area contributed by atoms with Gasteiger partial charge in [0.1, 0.15) is 0 Å². The lowest BCUT2D eigenvalue weighted by Gasteiger charge is -2.15.